The lowest BCUT2D eigenvalue weighted by atomic mass is 9.90. The molecule has 1 aromatic rings. The van der Waals surface area contributed by atoms with E-state index in [9.17, 15) is 9.90 Å². The highest BCUT2D eigenvalue weighted by Crippen LogP contribution is 2.25. The van der Waals surface area contributed by atoms with Gasteiger partial charge in [-0.05, 0) is 12.0 Å². The van der Waals surface area contributed by atoms with E-state index < -0.39 is 18.2 Å². The van der Waals surface area contributed by atoms with Gasteiger partial charge in [-0.25, -0.2) is 0 Å². The fraction of sp³-hybridized carbons (Fsp3) is 0.364. The van der Waals surface area contributed by atoms with Gasteiger partial charge in [0.25, 0.3) is 0 Å². The van der Waals surface area contributed by atoms with Crippen molar-refractivity contribution >= 4 is 5.97 Å². The molecular formula is C11H14O4. The average Bonchev–Trinajstić information content (AvgIpc) is 2.27. The molecule has 0 fully saturated rings. The van der Waals surface area contributed by atoms with E-state index in [0.29, 0.717) is 5.56 Å². The van der Waals surface area contributed by atoms with Crippen LogP contribution in [-0.2, 0) is 10.4 Å². The highest BCUT2D eigenvalue weighted by atomic mass is 16.4. The molecule has 0 aliphatic rings. The largest absolute Gasteiger partial charge is 0.481 e. The second-order valence-electron chi connectivity index (χ2n) is 3.45. The number of carbonyl (C=O) groups is 1. The van der Waals surface area contributed by atoms with Gasteiger partial charge in [0.1, 0.15) is 5.60 Å². The van der Waals surface area contributed by atoms with Crippen molar-refractivity contribution in [3.05, 3.63) is 35.9 Å². The van der Waals surface area contributed by atoms with Crippen LogP contribution in [0.25, 0.3) is 0 Å². The molecule has 0 heterocycles. The highest BCUT2D eigenvalue weighted by Gasteiger charge is 2.28. The molecule has 82 valence electrons. The zero-order chi connectivity index (χ0) is 11.3. The first-order valence-electron chi connectivity index (χ1n) is 4.69. The lowest BCUT2D eigenvalue weighted by molar-refractivity contribution is -0.139. The smallest absolute Gasteiger partial charge is 0.303 e. The minimum Gasteiger partial charge on any atom is -0.481 e. The summed E-state index contributed by atoms with van der Waals surface area (Å²) in [4.78, 5) is 10.4. The summed E-state index contributed by atoms with van der Waals surface area (Å²) in [5.41, 5.74) is -0.923. The first kappa shape index (κ1) is 11.7. The minimum absolute atomic E-state index is 0.00282. The third-order valence-electron chi connectivity index (χ3n) is 2.33. The summed E-state index contributed by atoms with van der Waals surface area (Å²) in [5.74, 6) is -0.988. The first-order chi connectivity index (χ1) is 7.08. The molecule has 0 bridgehead atoms. The van der Waals surface area contributed by atoms with Crippen LogP contribution in [-0.4, -0.2) is 27.9 Å². The molecule has 0 saturated carbocycles. The van der Waals surface area contributed by atoms with E-state index in [0.717, 1.165) is 0 Å². The van der Waals surface area contributed by atoms with Gasteiger partial charge >= 0.3 is 5.97 Å². The fourth-order valence-electron chi connectivity index (χ4n) is 1.38. The Balaban J connectivity index is 2.80. The Hall–Kier alpha value is -1.39. The molecule has 1 atom stereocenters. The van der Waals surface area contributed by atoms with Crippen molar-refractivity contribution in [2.75, 3.05) is 6.61 Å². The molecule has 0 amide bonds. The first-order valence-corrected chi connectivity index (χ1v) is 4.69. The zero-order valence-corrected chi connectivity index (χ0v) is 8.26. The van der Waals surface area contributed by atoms with E-state index in [4.69, 9.17) is 10.2 Å². The van der Waals surface area contributed by atoms with E-state index >= 15 is 0 Å². The topological polar surface area (TPSA) is 77.8 Å². The molecule has 0 aliphatic heterocycles. The molecule has 0 aromatic heterocycles. The van der Waals surface area contributed by atoms with Gasteiger partial charge in [0.15, 0.2) is 0 Å². The quantitative estimate of drug-likeness (QED) is 0.669. The number of benzene rings is 1. The minimum atomic E-state index is -1.46. The maximum atomic E-state index is 10.4. The summed E-state index contributed by atoms with van der Waals surface area (Å²) in [7, 11) is 0. The summed E-state index contributed by atoms with van der Waals surface area (Å²) in [5, 5.41) is 27.7. The second-order valence-corrected chi connectivity index (χ2v) is 3.45. The molecule has 0 aliphatic carbocycles. The van der Waals surface area contributed by atoms with Crippen LogP contribution in [0.15, 0.2) is 30.3 Å². The summed E-state index contributed by atoms with van der Waals surface area (Å²) >= 11 is 0. The number of aliphatic hydroxyl groups is 2. The van der Waals surface area contributed by atoms with Gasteiger partial charge in [0, 0.05) is 6.42 Å². The SMILES string of the molecule is O=C(O)CCC(O)(CO)c1ccccc1. The Morgan fingerprint density at radius 3 is 2.33 bits per heavy atom. The highest BCUT2D eigenvalue weighted by molar-refractivity contribution is 5.66. The van der Waals surface area contributed by atoms with Gasteiger partial charge in [0.2, 0.25) is 0 Å². The lowest BCUT2D eigenvalue weighted by Crippen LogP contribution is -2.30. The molecule has 0 spiro atoms. The van der Waals surface area contributed by atoms with Crippen molar-refractivity contribution in [2.24, 2.45) is 0 Å². The van der Waals surface area contributed by atoms with Crippen molar-refractivity contribution in [1.82, 2.24) is 0 Å². The zero-order valence-electron chi connectivity index (χ0n) is 8.26. The third kappa shape index (κ3) is 3.04. The molecule has 0 saturated heterocycles. The molecule has 15 heavy (non-hydrogen) atoms. The van der Waals surface area contributed by atoms with Crippen molar-refractivity contribution < 1.29 is 20.1 Å². The van der Waals surface area contributed by atoms with Gasteiger partial charge in [0.05, 0.1) is 6.61 Å². The average molecular weight is 210 g/mol. The maximum absolute atomic E-state index is 10.4. The Labute approximate surface area is 87.8 Å². The van der Waals surface area contributed by atoms with E-state index in [1.54, 1.807) is 30.3 Å². The normalized spacial score (nSPS) is 14.5. The number of carboxylic acids is 1. The van der Waals surface area contributed by atoms with Gasteiger partial charge < -0.3 is 15.3 Å². The van der Waals surface area contributed by atoms with Crippen LogP contribution in [0.3, 0.4) is 0 Å². The number of hydrogen-bond acceptors (Lipinski definition) is 3. The van der Waals surface area contributed by atoms with Crippen molar-refractivity contribution in [2.45, 2.75) is 18.4 Å². The molecule has 1 aromatic carbocycles. The van der Waals surface area contributed by atoms with E-state index in [2.05, 4.69) is 0 Å². The van der Waals surface area contributed by atoms with Crippen molar-refractivity contribution in [3.63, 3.8) is 0 Å². The predicted octanol–water partition coefficient (Wildman–Crippen LogP) is 0.731. The number of hydrogen-bond donors (Lipinski definition) is 3. The number of rotatable bonds is 5. The Morgan fingerprint density at radius 1 is 1.27 bits per heavy atom. The number of carboxylic acid groups (broad SMARTS) is 1. The summed E-state index contributed by atoms with van der Waals surface area (Å²) in [6.07, 6.45) is -0.172. The van der Waals surface area contributed by atoms with Gasteiger partial charge in [-0.15, -0.1) is 0 Å². The van der Waals surface area contributed by atoms with E-state index in [-0.39, 0.29) is 12.8 Å². The van der Waals surface area contributed by atoms with Crippen LogP contribution in [0.2, 0.25) is 0 Å². The summed E-state index contributed by atoms with van der Waals surface area (Å²) < 4.78 is 0. The lowest BCUT2D eigenvalue weighted by Gasteiger charge is -2.25. The van der Waals surface area contributed by atoms with E-state index in [1.807, 2.05) is 0 Å². The third-order valence-corrected chi connectivity index (χ3v) is 2.33. The Bertz CT molecular complexity index is 323. The fourth-order valence-corrected chi connectivity index (χ4v) is 1.38. The Kier molecular flexibility index (Phi) is 3.82. The van der Waals surface area contributed by atoms with Gasteiger partial charge in [-0.3, -0.25) is 4.79 Å². The van der Waals surface area contributed by atoms with Crippen LogP contribution in [0.1, 0.15) is 18.4 Å². The predicted molar refractivity (Wildman–Crippen MR) is 54.3 cm³/mol. The summed E-state index contributed by atoms with van der Waals surface area (Å²) in [6.45, 7) is -0.482. The van der Waals surface area contributed by atoms with Crippen molar-refractivity contribution in [3.8, 4) is 0 Å². The molecular weight excluding hydrogens is 196 g/mol. The van der Waals surface area contributed by atoms with Crippen molar-refractivity contribution in [1.29, 1.82) is 0 Å². The summed E-state index contributed by atoms with van der Waals surface area (Å²) in [6, 6.07) is 8.59. The van der Waals surface area contributed by atoms with Crippen LogP contribution in [0.4, 0.5) is 0 Å². The molecule has 4 heteroatoms. The van der Waals surface area contributed by atoms with Crippen LogP contribution in [0.5, 0.6) is 0 Å². The second kappa shape index (κ2) is 4.91. The van der Waals surface area contributed by atoms with Crippen LogP contribution in [0, 0.1) is 0 Å². The molecule has 3 N–H and O–H groups in total. The van der Waals surface area contributed by atoms with E-state index in [1.165, 1.54) is 0 Å². The van der Waals surface area contributed by atoms with Gasteiger partial charge in [-0.1, -0.05) is 30.3 Å². The molecule has 1 rings (SSSR count). The Morgan fingerprint density at radius 2 is 1.87 bits per heavy atom. The maximum Gasteiger partial charge on any atom is 0.303 e. The molecule has 1 unspecified atom stereocenters. The monoisotopic (exact) mass is 210 g/mol. The number of aliphatic hydroxyl groups excluding tert-OH is 1. The molecule has 0 radical (unpaired) electrons. The van der Waals surface area contributed by atoms with Gasteiger partial charge in [-0.2, -0.15) is 0 Å². The van der Waals surface area contributed by atoms with Crippen LogP contribution < -0.4 is 0 Å². The standard InChI is InChI=1S/C11H14O4/c12-8-11(15,7-6-10(13)14)9-4-2-1-3-5-9/h1-5,12,15H,6-8H2,(H,13,14). The van der Waals surface area contributed by atoms with Crippen LogP contribution >= 0.6 is 0 Å². The molecule has 4 nitrogen and oxygen atoms in total. The number of aliphatic carboxylic acids is 1.